The smallest absolute Gasteiger partial charge is 0.303 e. The number of hydrogen-bond acceptors (Lipinski definition) is 7. The summed E-state index contributed by atoms with van der Waals surface area (Å²) >= 11 is 1.95. The Bertz CT molecular complexity index is 956. The van der Waals surface area contributed by atoms with Crippen LogP contribution in [0.3, 0.4) is 0 Å². The standard InChI is InChI=1S/C26H33IO7Si/c1-17(28)32-23-21(34-25(30)22(27)24(23)33-18(2)29)16-31-35(26(3,4)5,19-12-8-6-9-13-19)20-14-10-7-11-15-20/h6-15,21-25,30H,16H2,1-5H3/t21-,22+,23-,24-,25+/m1/s1. The Labute approximate surface area is 221 Å². The van der Waals surface area contributed by atoms with E-state index in [0.717, 1.165) is 10.4 Å². The van der Waals surface area contributed by atoms with Crippen LogP contribution < -0.4 is 10.4 Å². The zero-order valence-corrected chi connectivity index (χ0v) is 23.8. The van der Waals surface area contributed by atoms with Gasteiger partial charge in [0.2, 0.25) is 0 Å². The summed E-state index contributed by atoms with van der Waals surface area (Å²) in [5.74, 6) is -1.07. The molecule has 9 heteroatoms. The van der Waals surface area contributed by atoms with E-state index in [1.807, 2.05) is 59.0 Å². The van der Waals surface area contributed by atoms with E-state index in [2.05, 4.69) is 45.0 Å². The maximum absolute atomic E-state index is 12.0. The zero-order chi connectivity index (χ0) is 25.8. The first-order valence-corrected chi connectivity index (χ1v) is 14.7. The van der Waals surface area contributed by atoms with E-state index in [-0.39, 0.29) is 11.6 Å². The molecule has 0 amide bonds. The molecule has 1 heterocycles. The highest BCUT2D eigenvalue weighted by Crippen LogP contribution is 2.38. The lowest BCUT2D eigenvalue weighted by molar-refractivity contribution is -0.244. The van der Waals surface area contributed by atoms with Gasteiger partial charge in [0.05, 0.1) is 6.61 Å². The van der Waals surface area contributed by atoms with Gasteiger partial charge in [-0.15, -0.1) is 0 Å². The second kappa shape index (κ2) is 11.5. The third kappa shape index (κ3) is 6.14. The number of benzene rings is 2. The van der Waals surface area contributed by atoms with E-state index in [4.69, 9.17) is 18.6 Å². The summed E-state index contributed by atoms with van der Waals surface area (Å²) in [6.07, 6.45) is -3.88. The fraction of sp³-hybridized carbons (Fsp3) is 0.462. The maximum atomic E-state index is 12.0. The summed E-state index contributed by atoms with van der Waals surface area (Å²) in [5.41, 5.74) is 0. The molecule has 190 valence electrons. The van der Waals surface area contributed by atoms with Crippen molar-refractivity contribution in [2.45, 2.75) is 68.2 Å². The number of esters is 2. The van der Waals surface area contributed by atoms with Crippen molar-refractivity contribution in [1.29, 1.82) is 0 Å². The normalized spacial score (nSPS) is 25.1. The molecule has 0 unspecified atom stereocenters. The highest BCUT2D eigenvalue weighted by Gasteiger charge is 2.53. The Hall–Kier alpha value is -1.79. The molecule has 0 aromatic heterocycles. The summed E-state index contributed by atoms with van der Waals surface area (Å²) in [4.78, 5) is 23.8. The molecule has 1 saturated heterocycles. The first-order chi connectivity index (χ1) is 16.5. The zero-order valence-electron chi connectivity index (χ0n) is 20.6. The van der Waals surface area contributed by atoms with Gasteiger partial charge >= 0.3 is 11.9 Å². The molecular formula is C26H33IO7Si. The van der Waals surface area contributed by atoms with Crippen LogP contribution >= 0.6 is 22.6 Å². The van der Waals surface area contributed by atoms with Gasteiger partial charge in [-0.25, -0.2) is 0 Å². The average molecular weight is 613 g/mol. The van der Waals surface area contributed by atoms with E-state index in [9.17, 15) is 14.7 Å². The van der Waals surface area contributed by atoms with Crippen molar-refractivity contribution >= 4 is 53.2 Å². The van der Waals surface area contributed by atoms with Crippen molar-refractivity contribution in [2.24, 2.45) is 0 Å². The van der Waals surface area contributed by atoms with Crippen molar-refractivity contribution in [2.75, 3.05) is 6.61 Å². The second-order valence-electron chi connectivity index (χ2n) is 9.63. The fourth-order valence-corrected chi connectivity index (χ4v) is 9.94. The number of halogens is 1. The minimum absolute atomic E-state index is 0.0312. The molecule has 7 nitrogen and oxygen atoms in total. The Kier molecular flexibility index (Phi) is 9.14. The van der Waals surface area contributed by atoms with Crippen molar-refractivity contribution in [1.82, 2.24) is 0 Å². The molecule has 2 aromatic carbocycles. The summed E-state index contributed by atoms with van der Waals surface area (Å²) in [5, 5.41) is 12.5. The molecule has 0 radical (unpaired) electrons. The molecule has 1 fully saturated rings. The van der Waals surface area contributed by atoms with Crippen LogP contribution in [0.2, 0.25) is 5.04 Å². The molecular weight excluding hydrogens is 579 g/mol. The van der Waals surface area contributed by atoms with E-state index in [0.29, 0.717) is 0 Å². The minimum Gasteiger partial charge on any atom is -0.457 e. The van der Waals surface area contributed by atoms with E-state index >= 15 is 0 Å². The minimum atomic E-state index is -2.91. The number of hydrogen-bond donors (Lipinski definition) is 1. The van der Waals surface area contributed by atoms with Gasteiger partial charge in [-0.3, -0.25) is 9.59 Å². The molecule has 0 spiro atoms. The maximum Gasteiger partial charge on any atom is 0.303 e. The Balaban J connectivity index is 2.04. The lowest BCUT2D eigenvalue weighted by Crippen LogP contribution is -2.68. The fourth-order valence-electron chi connectivity index (χ4n) is 4.65. The lowest BCUT2D eigenvalue weighted by atomic mass is 10.0. The quantitative estimate of drug-likeness (QED) is 0.223. The van der Waals surface area contributed by atoms with Crippen LogP contribution in [0.25, 0.3) is 0 Å². The van der Waals surface area contributed by atoms with Crippen molar-refractivity contribution in [3.05, 3.63) is 60.7 Å². The van der Waals surface area contributed by atoms with Gasteiger partial charge in [0.1, 0.15) is 10.0 Å². The molecule has 3 rings (SSSR count). The summed E-state index contributed by atoms with van der Waals surface area (Å²) < 4.78 is 23.2. The summed E-state index contributed by atoms with van der Waals surface area (Å²) in [7, 11) is -2.91. The van der Waals surface area contributed by atoms with Gasteiger partial charge in [-0.1, -0.05) is 104 Å². The first kappa shape index (κ1) is 27.8. The van der Waals surface area contributed by atoms with Gasteiger partial charge < -0.3 is 23.7 Å². The molecule has 0 aliphatic carbocycles. The SMILES string of the molecule is CC(=O)O[C@@H]1[C@H](I)[C@@H](O)O[C@H](CO[Si](c2ccccc2)(c2ccccc2)C(C)(C)C)[C@H]1OC(C)=O. The van der Waals surface area contributed by atoms with Gasteiger partial charge in [0, 0.05) is 13.8 Å². The Morgan fingerprint density at radius 2 is 1.37 bits per heavy atom. The number of aliphatic hydroxyl groups excluding tert-OH is 1. The largest absolute Gasteiger partial charge is 0.457 e. The van der Waals surface area contributed by atoms with E-state index in [1.165, 1.54) is 13.8 Å². The number of rotatable bonds is 7. The molecule has 1 N–H and O–H groups in total. The van der Waals surface area contributed by atoms with Crippen LogP contribution in [0.4, 0.5) is 0 Å². The molecule has 1 aliphatic heterocycles. The van der Waals surface area contributed by atoms with Crippen molar-refractivity contribution in [3.8, 4) is 0 Å². The Morgan fingerprint density at radius 1 is 0.914 bits per heavy atom. The van der Waals surface area contributed by atoms with E-state index < -0.39 is 48.8 Å². The van der Waals surface area contributed by atoms with E-state index in [1.54, 1.807) is 0 Å². The lowest BCUT2D eigenvalue weighted by Gasteiger charge is -2.46. The summed E-state index contributed by atoms with van der Waals surface area (Å²) in [6, 6.07) is 20.2. The van der Waals surface area contributed by atoms with Gasteiger partial charge in [-0.05, 0) is 15.4 Å². The number of alkyl halides is 1. The number of aliphatic hydroxyl groups is 1. The van der Waals surface area contributed by atoms with Crippen LogP contribution in [0, 0.1) is 0 Å². The van der Waals surface area contributed by atoms with Crippen LogP contribution in [-0.2, 0) is 28.2 Å². The van der Waals surface area contributed by atoms with Crippen molar-refractivity contribution in [3.63, 3.8) is 0 Å². The monoisotopic (exact) mass is 612 g/mol. The molecule has 5 atom stereocenters. The molecule has 2 aromatic rings. The van der Waals surface area contributed by atoms with Gasteiger partial charge in [-0.2, -0.15) is 0 Å². The predicted molar refractivity (Wildman–Crippen MR) is 143 cm³/mol. The summed E-state index contributed by atoms with van der Waals surface area (Å²) in [6.45, 7) is 9.07. The third-order valence-electron chi connectivity index (χ3n) is 6.08. The Morgan fingerprint density at radius 3 is 1.80 bits per heavy atom. The molecule has 35 heavy (non-hydrogen) atoms. The average Bonchev–Trinajstić information content (AvgIpc) is 2.79. The number of carbonyl (C=O) groups is 2. The number of ether oxygens (including phenoxy) is 3. The molecule has 1 aliphatic rings. The van der Waals surface area contributed by atoms with Crippen LogP contribution in [-0.4, -0.2) is 60.5 Å². The predicted octanol–water partition coefficient (Wildman–Crippen LogP) is 2.95. The van der Waals surface area contributed by atoms with Gasteiger partial charge in [0.15, 0.2) is 18.5 Å². The highest BCUT2D eigenvalue weighted by molar-refractivity contribution is 14.1. The van der Waals surface area contributed by atoms with Gasteiger partial charge in [0.25, 0.3) is 8.32 Å². The van der Waals surface area contributed by atoms with Crippen LogP contribution in [0.15, 0.2) is 60.7 Å². The first-order valence-electron chi connectivity index (χ1n) is 11.5. The number of carbonyl (C=O) groups excluding carboxylic acids is 2. The van der Waals surface area contributed by atoms with Crippen LogP contribution in [0.1, 0.15) is 34.6 Å². The molecule has 0 bridgehead atoms. The second-order valence-corrected chi connectivity index (χ2v) is 15.4. The highest BCUT2D eigenvalue weighted by atomic mass is 127. The third-order valence-corrected chi connectivity index (χ3v) is 12.4. The topological polar surface area (TPSA) is 91.3 Å². The van der Waals surface area contributed by atoms with Crippen LogP contribution in [0.5, 0.6) is 0 Å². The van der Waals surface area contributed by atoms with Crippen molar-refractivity contribution < 1.29 is 33.3 Å². The molecule has 0 saturated carbocycles.